The van der Waals surface area contributed by atoms with Gasteiger partial charge in [0.15, 0.2) is 0 Å². The third kappa shape index (κ3) is 4.85. The van der Waals surface area contributed by atoms with Crippen molar-refractivity contribution in [1.29, 1.82) is 0 Å². The van der Waals surface area contributed by atoms with Crippen molar-refractivity contribution in [2.75, 3.05) is 5.75 Å². The highest BCUT2D eigenvalue weighted by atomic mass is 32.2. The summed E-state index contributed by atoms with van der Waals surface area (Å²) in [5.41, 5.74) is -0.303. The number of nitrogens with one attached hydrogen (secondary N) is 1. The predicted octanol–water partition coefficient (Wildman–Crippen LogP) is 2.92. The second-order valence-electron chi connectivity index (χ2n) is 5.02. The first-order valence-corrected chi connectivity index (χ1v) is 7.20. The van der Waals surface area contributed by atoms with Gasteiger partial charge in [-0.25, -0.2) is 9.18 Å². The van der Waals surface area contributed by atoms with Crippen molar-refractivity contribution in [3.8, 4) is 0 Å². The van der Waals surface area contributed by atoms with Gasteiger partial charge >= 0.3 is 5.97 Å². The zero-order valence-electron chi connectivity index (χ0n) is 11.7. The molecule has 0 saturated carbocycles. The molecule has 20 heavy (non-hydrogen) atoms. The van der Waals surface area contributed by atoms with Gasteiger partial charge in [-0.1, -0.05) is 6.92 Å². The lowest BCUT2D eigenvalue weighted by atomic mass is 10.0. The maximum absolute atomic E-state index is 13.5. The van der Waals surface area contributed by atoms with E-state index < -0.39 is 11.8 Å². The minimum atomic E-state index is -1.12. The van der Waals surface area contributed by atoms with Crippen molar-refractivity contribution in [2.24, 2.45) is 0 Å². The molecule has 0 unspecified atom stereocenters. The highest BCUT2D eigenvalue weighted by molar-refractivity contribution is 8.00. The van der Waals surface area contributed by atoms with Gasteiger partial charge in [-0.3, -0.25) is 4.79 Å². The molecule has 0 radical (unpaired) electrons. The van der Waals surface area contributed by atoms with Crippen molar-refractivity contribution < 1.29 is 19.1 Å². The number of amides is 1. The van der Waals surface area contributed by atoms with Gasteiger partial charge in [-0.15, -0.1) is 11.8 Å². The molecule has 0 aliphatic heterocycles. The van der Waals surface area contributed by atoms with E-state index in [0.717, 1.165) is 24.2 Å². The molecule has 2 N–H and O–H groups in total. The van der Waals surface area contributed by atoms with E-state index in [1.54, 1.807) is 0 Å². The Balaban J connectivity index is 2.68. The number of hydrogen-bond donors (Lipinski definition) is 2. The van der Waals surface area contributed by atoms with E-state index in [1.807, 2.05) is 20.8 Å². The maximum Gasteiger partial charge on any atom is 0.335 e. The first-order chi connectivity index (χ1) is 9.25. The molecule has 0 fully saturated rings. The molecule has 0 bridgehead atoms. The van der Waals surface area contributed by atoms with Gasteiger partial charge < -0.3 is 10.4 Å². The van der Waals surface area contributed by atoms with E-state index in [-0.39, 0.29) is 27.7 Å². The van der Waals surface area contributed by atoms with Crippen molar-refractivity contribution in [2.45, 2.75) is 37.6 Å². The number of carbonyl (C=O) groups excluding carboxylic acids is 1. The molecule has 1 aromatic rings. The van der Waals surface area contributed by atoms with Crippen molar-refractivity contribution in [3.05, 3.63) is 29.6 Å². The summed E-state index contributed by atoms with van der Waals surface area (Å²) in [7, 11) is 0. The first kappa shape index (κ1) is 16.5. The number of benzene rings is 1. The average molecular weight is 299 g/mol. The van der Waals surface area contributed by atoms with Crippen LogP contribution in [0.1, 0.15) is 37.6 Å². The lowest BCUT2D eigenvalue weighted by Crippen LogP contribution is -2.43. The van der Waals surface area contributed by atoms with Crippen LogP contribution in [0.3, 0.4) is 0 Å². The molecule has 0 aliphatic rings. The van der Waals surface area contributed by atoms with Gasteiger partial charge in [-0.05, 0) is 38.5 Å². The molecular formula is C14H18FNO3S. The lowest BCUT2D eigenvalue weighted by molar-refractivity contribution is -0.120. The van der Waals surface area contributed by atoms with Crippen LogP contribution in [-0.2, 0) is 4.79 Å². The van der Waals surface area contributed by atoms with Crippen molar-refractivity contribution in [1.82, 2.24) is 5.32 Å². The summed E-state index contributed by atoms with van der Waals surface area (Å²) < 4.78 is 13.5. The summed E-state index contributed by atoms with van der Waals surface area (Å²) in [6.45, 7) is 5.77. The molecule has 1 amide bonds. The van der Waals surface area contributed by atoms with Gasteiger partial charge in [0.05, 0.1) is 11.3 Å². The Labute approximate surface area is 121 Å². The van der Waals surface area contributed by atoms with Gasteiger partial charge in [0.2, 0.25) is 5.91 Å². The Morgan fingerprint density at radius 1 is 1.40 bits per heavy atom. The van der Waals surface area contributed by atoms with E-state index in [9.17, 15) is 14.0 Å². The molecule has 0 aromatic heterocycles. The van der Waals surface area contributed by atoms with Gasteiger partial charge in [0.1, 0.15) is 5.82 Å². The Bertz CT molecular complexity index is 517. The van der Waals surface area contributed by atoms with Gasteiger partial charge in [-0.2, -0.15) is 0 Å². The molecular weight excluding hydrogens is 281 g/mol. The lowest BCUT2D eigenvalue weighted by Gasteiger charge is -2.24. The van der Waals surface area contributed by atoms with Crippen LogP contribution in [0.4, 0.5) is 4.39 Å². The maximum atomic E-state index is 13.5. The normalized spacial score (nSPS) is 11.2. The molecule has 0 saturated heterocycles. The second kappa shape index (κ2) is 6.74. The fourth-order valence-corrected chi connectivity index (χ4v) is 2.17. The monoisotopic (exact) mass is 299 g/mol. The molecule has 0 heterocycles. The molecule has 0 atom stereocenters. The molecule has 4 nitrogen and oxygen atoms in total. The number of carboxylic acid groups (broad SMARTS) is 1. The molecule has 0 aliphatic carbocycles. The zero-order chi connectivity index (χ0) is 15.3. The minimum absolute atomic E-state index is 0.00296. The number of rotatable bonds is 6. The SMILES string of the molecule is CCC(C)(C)NC(=O)CSc1cc(C(=O)O)ccc1F. The van der Waals surface area contributed by atoms with Crippen LogP contribution in [0.5, 0.6) is 0 Å². The average Bonchev–Trinajstić information content (AvgIpc) is 2.37. The van der Waals surface area contributed by atoms with E-state index in [2.05, 4.69) is 5.32 Å². The van der Waals surface area contributed by atoms with Crippen LogP contribution >= 0.6 is 11.8 Å². The highest BCUT2D eigenvalue weighted by Gasteiger charge is 2.18. The third-order valence-corrected chi connectivity index (χ3v) is 3.93. The van der Waals surface area contributed by atoms with Crippen LogP contribution in [0.2, 0.25) is 0 Å². The standard InChI is InChI=1S/C14H18FNO3S/c1-4-14(2,3)16-12(17)8-20-11-7-9(13(18)19)5-6-10(11)15/h5-7H,4,8H2,1-3H3,(H,16,17)(H,18,19). The Kier molecular flexibility index (Phi) is 5.56. The molecule has 110 valence electrons. The Morgan fingerprint density at radius 3 is 2.60 bits per heavy atom. The number of carbonyl (C=O) groups is 2. The van der Waals surface area contributed by atoms with Crippen LogP contribution < -0.4 is 5.32 Å². The zero-order valence-corrected chi connectivity index (χ0v) is 12.5. The molecule has 6 heteroatoms. The summed E-state index contributed by atoms with van der Waals surface area (Å²) >= 11 is 0.988. The van der Waals surface area contributed by atoms with E-state index in [4.69, 9.17) is 5.11 Å². The third-order valence-electron chi connectivity index (χ3n) is 2.90. The summed E-state index contributed by atoms with van der Waals surface area (Å²) in [5, 5.41) is 11.7. The largest absolute Gasteiger partial charge is 0.478 e. The topological polar surface area (TPSA) is 66.4 Å². The predicted molar refractivity (Wildman–Crippen MR) is 76.6 cm³/mol. The van der Waals surface area contributed by atoms with E-state index in [0.29, 0.717) is 0 Å². The van der Waals surface area contributed by atoms with E-state index >= 15 is 0 Å². The molecule has 1 rings (SSSR count). The van der Waals surface area contributed by atoms with Crippen molar-refractivity contribution in [3.63, 3.8) is 0 Å². The minimum Gasteiger partial charge on any atom is -0.478 e. The summed E-state index contributed by atoms with van der Waals surface area (Å²) in [5.74, 6) is -1.81. The Morgan fingerprint density at radius 2 is 2.05 bits per heavy atom. The van der Waals surface area contributed by atoms with Crippen molar-refractivity contribution >= 4 is 23.6 Å². The summed E-state index contributed by atoms with van der Waals surface area (Å²) in [4.78, 5) is 22.7. The number of hydrogen-bond acceptors (Lipinski definition) is 3. The summed E-state index contributed by atoms with van der Waals surface area (Å²) in [6.07, 6.45) is 0.784. The first-order valence-electron chi connectivity index (χ1n) is 6.22. The Hall–Kier alpha value is -1.56. The number of carboxylic acids is 1. The van der Waals surface area contributed by atoms with Crippen LogP contribution in [0, 0.1) is 5.82 Å². The number of halogens is 1. The number of aromatic carboxylic acids is 1. The summed E-state index contributed by atoms with van der Waals surface area (Å²) in [6, 6.07) is 3.53. The van der Waals surface area contributed by atoms with Gasteiger partial charge in [0, 0.05) is 10.4 Å². The van der Waals surface area contributed by atoms with Gasteiger partial charge in [0.25, 0.3) is 0 Å². The van der Waals surface area contributed by atoms with E-state index in [1.165, 1.54) is 12.1 Å². The number of thioether (sulfide) groups is 1. The second-order valence-corrected chi connectivity index (χ2v) is 6.04. The fourth-order valence-electron chi connectivity index (χ4n) is 1.39. The molecule has 1 aromatic carbocycles. The highest BCUT2D eigenvalue weighted by Crippen LogP contribution is 2.23. The quantitative estimate of drug-likeness (QED) is 0.793. The van der Waals surface area contributed by atoms with Crippen LogP contribution in [-0.4, -0.2) is 28.3 Å². The molecule has 0 spiro atoms. The van der Waals surface area contributed by atoms with Crippen LogP contribution in [0.15, 0.2) is 23.1 Å². The smallest absolute Gasteiger partial charge is 0.335 e. The fraction of sp³-hybridized carbons (Fsp3) is 0.429. The van der Waals surface area contributed by atoms with Crippen LogP contribution in [0.25, 0.3) is 0 Å².